The van der Waals surface area contributed by atoms with Crippen LogP contribution < -0.4 is 5.32 Å². The molecular weight excluding hydrogens is 290 g/mol. The quantitative estimate of drug-likeness (QED) is 0.904. The number of hydrogen-bond acceptors (Lipinski definition) is 4. The van der Waals surface area contributed by atoms with Gasteiger partial charge < -0.3 is 5.32 Å². The van der Waals surface area contributed by atoms with Crippen molar-refractivity contribution in [1.82, 2.24) is 15.2 Å². The highest BCUT2D eigenvalue weighted by atomic mass is 35.5. The van der Waals surface area contributed by atoms with Crippen LogP contribution in [0.3, 0.4) is 0 Å². The van der Waals surface area contributed by atoms with Gasteiger partial charge in [0.25, 0.3) is 0 Å². The highest BCUT2D eigenvalue weighted by molar-refractivity contribution is 7.09. The molecule has 0 amide bonds. The smallest absolute Gasteiger partial charge is 0.107 e. The van der Waals surface area contributed by atoms with Gasteiger partial charge in [0.2, 0.25) is 0 Å². The van der Waals surface area contributed by atoms with E-state index in [1.165, 1.54) is 42.8 Å². The Hall–Kier alpha value is -0.160. The van der Waals surface area contributed by atoms with Gasteiger partial charge in [0, 0.05) is 23.5 Å². The van der Waals surface area contributed by atoms with Crippen LogP contribution in [0, 0.1) is 0 Å². The Morgan fingerprint density at radius 3 is 2.70 bits per heavy atom. The first-order valence-corrected chi connectivity index (χ1v) is 8.52. The highest BCUT2D eigenvalue weighted by Gasteiger charge is 2.35. The van der Waals surface area contributed by atoms with Crippen molar-refractivity contribution in [2.45, 2.75) is 70.1 Å². The van der Waals surface area contributed by atoms with E-state index in [4.69, 9.17) is 4.98 Å². The van der Waals surface area contributed by atoms with Crippen LogP contribution in [0.4, 0.5) is 0 Å². The highest BCUT2D eigenvalue weighted by Crippen LogP contribution is 2.30. The number of fused-ring (bicyclic) bond motifs is 2. The molecule has 0 spiro atoms. The minimum Gasteiger partial charge on any atom is -0.311 e. The van der Waals surface area contributed by atoms with E-state index in [9.17, 15) is 0 Å². The molecule has 0 saturated carbocycles. The lowest BCUT2D eigenvalue weighted by Crippen LogP contribution is -2.46. The van der Waals surface area contributed by atoms with E-state index in [1.54, 1.807) is 0 Å². The number of piperidine rings is 1. The fourth-order valence-corrected chi connectivity index (χ4v) is 4.41. The minimum atomic E-state index is 0. The molecule has 20 heavy (non-hydrogen) atoms. The molecule has 5 heteroatoms. The van der Waals surface area contributed by atoms with Gasteiger partial charge in [0.1, 0.15) is 5.01 Å². The number of aryl methyl sites for hydroxylation is 1. The van der Waals surface area contributed by atoms with E-state index < -0.39 is 0 Å². The summed E-state index contributed by atoms with van der Waals surface area (Å²) >= 11 is 1.83. The maximum Gasteiger partial charge on any atom is 0.107 e. The van der Waals surface area contributed by atoms with Crippen molar-refractivity contribution in [2.75, 3.05) is 7.05 Å². The molecular formula is C15H26ClN3S. The van der Waals surface area contributed by atoms with Gasteiger partial charge in [0.15, 0.2) is 0 Å². The van der Waals surface area contributed by atoms with Gasteiger partial charge in [-0.25, -0.2) is 4.98 Å². The van der Waals surface area contributed by atoms with E-state index in [-0.39, 0.29) is 12.4 Å². The van der Waals surface area contributed by atoms with Crippen molar-refractivity contribution in [3.8, 4) is 0 Å². The summed E-state index contributed by atoms with van der Waals surface area (Å²) in [6.45, 7) is 3.24. The second-order valence-corrected chi connectivity index (χ2v) is 7.10. The number of halogens is 1. The summed E-state index contributed by atoms with van der Waals surface area (Å²) < 4.78 is 0. The van der Waals surface area contributed by atoms with E-state index in [1.807, 2.05) is 11.3 Å². The van der Waals surface area contributed by atoms with Crippen molar-refractivity contribution in [1.29, 1.82) is 0 Å². The first kappa shape index (κ1) is 16.2. The lowest BCUT2D eigenvalue weighted by molar-refractivity contribution is 0.165. The second kappa shape index (κ2) is 7.21. The zero-order chi connectivity index (χ0) is 13.2. The van der Waals surface area contributed by atoms with Crippen LogP contribution in [0.5, 0.6) is 0 Å². The Bertz CT molecular complexity index is 411. The SMILES string of the molecule is CCCc1csc(CN(C)C2CC3CCC(C2)N3)n1.Cl. The predicted octanol–water partition coefficient (Wildman–Crippen LogP) is 3.23. The molecule has 3 heterocycles. The molecule has 2 aliphatic heterocycles. The summed E-state index contributed by atoms with van der Waals surface area (Å²) in [5, 5.41) is 7.24. The average molecular weight is 316 g/mol. The molecule has 2 unspecified atom stereocenters. The number of nitrogens with zero attached hydrogens (tertiary/aromatic N) is 2. The Balaban J connectivity index is 0.00000147. The van der Waals surface area contributed by atoms with E-state index in [2.05, 4.69) is 29.6 Å². The van der Waals surface area contributed by atoms with Crippen LogP contribution in [0.15, 0.2) is 5.38 Å². The van der Waals surface area contributed by atoms with Crippen LogP contribution in [-0.2, 0) is 13.0 Å². The Kier molecular flexibility index (Phi) is 5.84. The molecule has 3 rings (SSSR count). The predicted molar refractivity (Wildman–Crippen MR) is 87.8 cm³/mol. The summed E-state index contributed by atoms with van der Waals surface area (Å²) in [6, 6.07) is 2.30. The minimum absolute atomic E-state index is 0. The summed E-state index contributed by atoms with van der Waals surface area (Å²) in [5.41, 5.74) is 1.28. The van der Waals surface area contributed by atoms with Crippen LogP contribution in [0.25, 0.3) is 0 Å². The molecule has 1 N–H and O–H groups in total. The van der Waals surface area contributed by atoms with E-state index in [0.717, 1.165) is 31.1 Å². The van der Waals surface area contributed by atoms with Gasteiger partial charge in [-0.2, -0.15) is 0 Å². The number of rotatable bonds is 5. The van der Waals surface area contributed by atoms with Gasteiger partial charge in [-0.15, -0.1) is 23.7 Å². The molecule has 0 radical (unpaired) electrons. The van der Waals surface area contributed by atoms with Crippen LogP contribution in [0.1, 0.15) is 49.7 Å². The summed E-state index contributed by atoms with van der Waals surface area (Å²) in [7, 11) is 2.27. The molecule has 3 nitrogen and oxygen atoms in total. The van der Waals surface area contributed by atoms with E-state index >= 15 is 0 Å². The van der Waals surface area contributed by atoms with Crippen LogP contribution in [0.2, 0.25) is 0 Å². The van der Waals surface area contributed by atoms with E-state index in [0.29, 0.717) is 0 Å². The molecule has 2 saturated heterocycles. The summed E-state index contributed by atoms with van der Waals surface area (Å²) in [6.07, 6.45) is 7.72. The second-order valence-electron chi connectivity index (χ2n) is 6.16. The summed E-state index contributed by atoms with van der Waals surface area (Å²) in [5.74, 6) is 0. The zero-order valence-electron chi connectivity index (χ0n) is 12.5. The lowest BCUT2D eigenvalue weighted by atomic mass is 9.99. The van der Waals surface area contributed by atoms with Gasteiger partial charge in [0.05, 0.1) is 12.2 Å². The van der Waals surface area contributed by atoms with Crippen molar-refractivity contribution in [2.24, 2.45) is 0 Å². The molecule has 2 atom stereocenters. The Morgan fingerprint density at radius 2 is 2.05 bits per heavy atom. The zero-order valence-corrected chi connectivity index (χ0v) is 14.1. The monoisotopic (exact) mass is 315 g/mol. The lowest BCUT2D eigenvalue weighted by Gasteiger charge is -2.35. The number of nitrogens with one attached hydrogen (secondary N) is 1. The Labute approximate surface area is 132 Å². The fourth-order valence-electron chi connectivity index (χ4n) is 3.52. The number of hydrogen-bond donors (Lipinski definition) is 1. The topological polar surface area (TPSA) is 28.2 Å². The molecule has 0 aromatic carbocycles. The van der Waals surface area contributed by atoms with Crippen molar-refractivity contribution >= 4 is 23.7 Å². The molecule has 0 aliphatic carbocycles. The van der Waals surface area contributed by atoms with Gasteiger partial charge in [-0.05, 0) is 39.2 Å². The van der Waals surface area contributed by atoms with Crippen molar-refractivity contribution < 1.29 is 0 Å². The van der Waals surface area contributed by atoms with Crippen LogP contribution >= 0.6 is 23.7 Å². The first-order chi connectivity index (χ1) is 9.24. The Morgan fingerprint density at radius 1 is 1.35 bits per heavy atom. The van der Waals surface area contributed by atoms with Gasteiger partial charge >= 0.3 is 0 Å². The molecule has 1 aromatic rings. The maximum absolute atomic E-state index is 4.75. The van der Waals surface area contributed by atoms with Crippen molar-refractivity contribution in [3.63, 3.8) is 0 Å². The molecule has 114 valence electrons. The van der Waals surface area contributed by atoms with Gasteiger partial charge in [-0.3, -0.25) is 4.90 Å². The largest absolute Gasteiger partial charge is 0.311 e. The molecule has 2 bridgehead atoms. The molecule has 1 aromatic heterocycles. The average Bonchev–Trinajstić information content (AvgIpc) is 2.97. The first-order valence-electron chi connectivity index (χ1n) is 7.64. The third kappa shape index (κ3) is 3.73. The van der Waals surface area contributed by atoms with Crippen LogP contribution in [-0.4, -0.2) is 35.1 Å². The third-order valence-electron chi connectivity index (χ3n) is 4.56. The normalized spacial score (nSPS) is 28.6. The number of thiazole rings is 1. The number of aromatic nitrogens is 1. The van der Waals surface area contributed by atoms with Gasteiger partial charge in [-0.1, -0.05) is 13.3 Å². The standard InChI is InChI=1S/C15H25N3S.ClH/c1-3-4-13-10-19-15(17-13)9-18(2)14-7-11-5-6-12(8-14)16-11;/h10-12,14,16H,3-9H2,1-2H3;1H. The molecule has 2 aliphatic rings. The third-order valence-corrected chi connectivity index (χ3v) is 5.44. The maximum atomic E-state index is 4.75. The molecule has 2 fully saturated rings. The van der Waals surface area contributed by atoms with Crippen molar-refractivity contribution in [3.05, 3.63) is 16.1 Å². The fraction of sp³-hybridized carbons (Fsp3) is 0.800. The summed E-state index contributed by atoms with van der Waals surface area (Å²) in [4.78, 5) is 7.28.